The van der Waals surface area contributed by atoms with Gasteiger partial charge in [-0.05, 0) is 48.0 Å². The first-order valence-corrected chi connectivity index (χ1v) is 12.2. The fourth-order valence-corrected chi connectivity index (χ4v) is 4.72. The maximum Gasteiger partial charge on any atom is 0.251 e. The lowest BCUT2D eigenvalue weighted by atomic mass is 10.1. The fraction of sp³-hybridized carbons (Fsp3) is 0.111. The number of aromatic nitrogens is 4. The molecule has 0 saturated heterocycles. The standard InChI is InChI=1S/C27H23N5O3S/c1-34-24-11-5-4-10-23(24)32-25(19-12-14-28-15-13-19)30-31-27(32)36-18-20-7-2-3-9-22(20)26(33)29-17-21-8-6-16-35-21/h2-16H,17-18H2,1H3,(H,29,33). The number of benzene rings is 2. The molecule has 0 aliphatic heterocycles. The van der Waals surface area contributed by atoms with E-state index >= 15 is 0 Å². The summed E-state index contributed by atoms with van der Waals surface area (Å²) in [6, 6.07) is 22.7. The molecule has 5 aromatic rings. The number of nitrogens with one attached hydrogen (secondary N) is 1. The Kier molecular flexibility index (Phi) is 7.09. The number of pyridine rings is 1. The van der Waals surface area contributed by atoms with Gasteiger partial charge in [0.25, 0.3) is 5.91 Å². The van der Waals surface area contributed by atoms with Crippen LogP contribution in [0.2, 0.25) is 0 Å². The van der Waals surface area contributed by atoms with E-state index in [2.05, 4.69) is 20.5 Å². The summed E-state index contributed by atoms with van der Waals surface area (Å²) in [5.74, 6) is 2.43. The molecule has 0 saturated carbocycles. The van der Waals surface area contributed by atoms with Crippen LogP contribution in [-0.2, 0) is 12.3 Å². The van der Waals surface area contributed by atoms with Crippen molar-refractivity contribution in [3.63, 3.8) is 0 Å². The lowest BCUT2D eigenvalue weighted by molar-refractivity contribution is 0.0947. The third kappa shape index (κ3) is 5.01. The number of ether oxygens (including phenoxy) is 1. The number of para-hydroxylation sites is 2. The number of carbonyl (C=O) groups is 1. The zero-order valence-corrected chi connectivity index (χ0v) is 20.3. The molecule has 8 nitrogen and oxygen atoms in total. The van der Waals surface area contributed by atoms with Crippen LogP contribution >= 0.6 is 11.8 Å². The van der Waals surface area contributed by atoms with Crippen molar-refractivity contribution in [2.45, 2.75) is 17.5 Å². The van der Waals surface area contributed by atoms with Crippen LogP contribution in [0.4, 0.5) is 0 Å². The molecule has 0 atom stereocenters. The molecular weight excluding hydrogens is 474 g/mol. The van der Waals surface area contributed by atoms with Crippen molar-refractivity contribution in [3.8, 4) is 22.8 Å². The van der Waals surface area contributed by atoms with Crippen molar-refractivity contribution in [2.24, 2.45) is 0 Å². The van der Waals surface area contributed by atoms with Gasteiger partial charge in [0.2, 0.25) is 0 Å². The molecule has 0 fully saturated rings. The molecule has 36 heavy (non-hydrogen) atoms. The molecular formula is C27H23N5O3S. The molecule has 0 unspecified atom stereocenters. The summed E-state index contributed by atoms with van der Waals surface area (Å²) in [7, 11) is 1.64. The monoisotopic (exact) mass is 497 g/mol. The topological polar surface area (TPSA) is 95.1 Å². The van der Waals surface area contributed by atoms with Gasteiger partial charge in [0, 0.05) is 29.3 Å². The van der Waals surface area contributed by atoms with Crippen molar-refractivity contribution < 1.29 is 13.9 Å². The maximum absolute atomic E-state index is 12.9. The van der Waals surface area contributed by atoms with E-state index in [4.69, 9.17) is 9.15 Å². The number of rotatable bonds is 9. The molecule has 1 amide bonds. The lowest BCUT2D eigenvalue weighted by Gasteiger charge is -2.14. The number of carbonyl (C=O) groups excluding carboxylic acids is 1. The Morgan fingerprint density at radius 3 is 2.61 bits per heavy atom. The highest BCUT2D eigenvalue weighted by Gasteiger charge is 2.20. The number of hydrogen-bond acceptors (Lipinski definition) is 7. The van der Waals surface area contributed by atoms with Crippen LogP contribution in [0.25, 0.3) is 17.1 Å². The summed E-state index contributed by atoms with van der Waals surface area (Å²) >= 11 is 1.50. The first kappa shape index (κ1) is 23.4. The molecule has 1 N–H and O–H groups in total. The highest BCUT2D eigenvalue weighted by Crippen LogP contribution is 2.33. The normalized spacial score (nSPS) is 10.8. The minimum atomic E-state index is -0.161. The van der Waals surface area contributed by atoms with Gasteiger partial charge in [0.05, 0.1) is 25.6 Å². The minimum absolute atomic E-state index is 0.161. The molecule has 0 aliphatic rings. The molecule has 2 aromatic carbocycles. The second-order valence-electron chi connectivity index (χ2n) is 7.76. The van der Waals surface area contributed by atoms with Crippen LogP contribution in [0.3, 0.4) is 0 Å². The molecule has 0 aliphatic carbocycles. The SMILES string of the molecule is COc1ccccc1-n1c(SCc2ccccc2C(=O)NCc2ccco2)nnc1-c1ccncc1. The number of thioether (sulfide) groups is 1. The van der Waals surface area contributed by atoms with Gasteiger partial charge in [0.15, 0.2) is 11.0 Å². The largest absolute Gasteiger partial charge is 0.495 e. The van der Waals surface area contributed by atoms with Crippen molar-refractivity contribution >= 4 is 17.7 Å². The molecule has 3 heterocycles. The van der Waals surface area contributed by atoms with E-state index in [1.807, 2.05) is 71.3 Å². The van der Waals surface area contributed by atoms with Gasteiger partial charge in [-0.15, -0.1) is 10.2 Å². The number of furan rings is 1. The summed E-state index contributed by atoms with van der Waals surface area (Å²) < 4.78 is 12.9. The third-order valence-corrected chi connectivity index (χ3v) is 6.50. The number of nitrogens with zero attached hydrogens (tertiary/aromatic N) is 4. The molecule has 3 aromatic heterocycles. The fourth-order valence-electron chi connectivity index (χ4n) is 3.77. The average Bonchev–Trinajstić information content (AvgIpc) is 3.61. The third-order valence-electron chi connectivity index (χ3n) is 5.52. The molecule has 0 spiro atoms. The quantitative estimate of drug-likeness (QED) is 0.281. The van der Waals surface area contributed by atoms with Gasteiger partial charge in [0.1, 0.15) is 11.5 Å². The van der Waals surface area contributed by atoms with Gasteiger partial charge in [-0.25, -0.2) is 0 Å². The molecule has 0 bridgehead atoms. The molecule has 9 heteroatoms. The van der Waals surface area contributed by atoms with Crippen LogP contribution < -0.4 is 10.1 Å². The summed E-state index contributed by atoms with van der Waals surface area (Å²) in [4.78, 5) is 17.0. The average molecular weight is 498 g/mol. The van der Waals surface area contributed by atoms with Crippen molar-refractivity contribution in [2.75, 3.05) is 7.11 Å². The summed E-state index contributed by atoms with van der Waals surface area (Å²) in [5.41, 5.74) is 3.20. The van der Waals surface area contributed by atoms with E-state index in [1.165, 1.54) is 11.8 Å². The highest BCUT2D eigenvalue weighted by atomic mass is 32.2. The highest BCUT2D eigenvalue weighted by molar-refractivity contribution is 7.98. The van der Waals surface area contributed by atoms with Crippen molar-refractivity contribution in [1.82, 2.24) is 25.1 Å². The van der Waals surface area contributed by atoms with E-state index < -0.39 is 0 Å². The zero-order valence-electron chi connectivity index (χ0n) is 19.5. The van der Waals surface area contributed by atoms with E-state index in [9.17, 15) is 4.79 Å². The zero-order chi connectivity index (χ0) is 24.7. The van der Waals surface area contributed by atoms with Gasteiger partial charge < -0.3 is 14.5 Å². The molecule has 180 valence electrons. The second kappa shape index (κ2) is 10.9. The minimum Gasteiger partial charge on any atom is -0.495 e. The number of amides is 1. The van der Waals surface area contributed by atoms with Crippen LogP contribution in [-0.4, -0.2) is 32.8 Å². The first-order valence-electron chi connectivity index (χ1n) is 11.2. The van der Waals surface area contributed by atoms with E-state index in [-0.39, 0.29) is 5.91 Å². The second-order valence-corrected chi connectivity index (χ2v) is 8.70. The number of methoxy groups -OCH3 is 1. The van der Waals surface area contributed by atoms with Crippen molar-refractivity contribution in [3.05, 3.63) is 108 Å². The summed E-state index contributed by atoms with van der Waals surface area (Å²) in [5, 5.41) is 12.6. The van der Waals surface area contributed by atoms with Crippen LogP contribution in [0.15, 0.2) is 101 Å². The Morgan fingerprint density at radius 2 is 1.81 bits per heavy atom. The lowest BCUT2D eigenvalue weighted by Crippen LogP contribution is -2.23. The smallest absolute Gasteiger partial charge is 0.251 e. The van der Waals surface area contributed by atoms with E-state index in [0.717, 1.165) is 16.8 Å². The van der Waals surface area contributed by atoms with Crippen LogP contribution in [0, 0.1) is 0 Å². The summed E-state index contributed by atoms with van der Waals surface area (Å²) in [6.45, 7) is 0.324. The van der Waals surface area contributed by atoms with Gasteiger partial charge >= 0.3 is 0 Å². The van der Waals surface area contributed by atoms with Crippen LogP contribution in [0.1, 0.15) is 21.7 Å². The van der Waals surface area contributed by atoms with Crippen molar-refractivity contribution in [1.29, 1.82) is 0 Å². The molecule has 0 radical (unpaired) electrons. The first-order chi connectivity index (χ1) is 17.7. The Hall–Kier alpha value is -4.37. The Balaban J connectivity index is 1.44. The van der Waals surface area contributed by atoms with E-state index in [0.29, 0.717) is 40.4 Å². The predicted octanol–water partition coefficient (Wildman–Crippen LogP) is 5.15. The Bertz CT molecular complexity index is 1450. The maximum atomic E-state index is 12.9. The summed E-state index contributed by atoms with van der Waals surface area (Å²) in [6.07, 6.45) is 5.03. The molecule has 5 rings (SSSR count). The van der Waals surface area contributed by atoms with Gasteiger partial charge in [-0.1, -0.05) is 42.1 Å². The Morgan fingerprint density at radius 1 is 1.00 bits per heavy atom. The predicted molar refractivity (Wildman–Crippen MR) is 137 cm³/mol. The van der Waals surface area contributed by atoms with E-state index in [1.54, 1.807) is 31.8 Å². The Labute approximate surface area is 212 Å². The number of hydrogen-bond donors (Lipinski definition) is 1. The van der Waals surface area contributed by atoms with Gasteiger partial charge in [-0.3, -0.25) is 14.3 Å². The van der Waals surface area contributed by atoms with Gasteiger partial charge in [-0.2, -0.15) is 0 Å². The van der Waals surface area contributed by atoms with Crippen LogP contribution in [0.5, 0.6) is 5.75 Å².